The molecule has 96 valence electrons. The summed E-state index contributed by atoms with van der Waals surface area (Å²) in [5.41, 5.74) is 0.552. The molecule has 0 amide bonds. The van der Waals surface area contributed by atoms with Gasteiger partial charge in [0, 0.05) is 7.05 Å². The van der Waals surface area contributed by atoms with E-state index in [2.05, 4.69) is 5.10 Å². The summed E-state index contributed by atoms with van der Waals surface area (Å²) in [4.78, 5) is 0. The van der Waals surface area contributed by atoms with E-state index in [0.29, 0.717) is 23.6 Å². The quantitative estimate of drug-likeness (QED) is 0.893. The molecule has 2 heterocycles. The monoisotopic (exact) mass is 278 g/mol. The van der Waals surface area contributed by atoms with Crippen LogP contribution in [0.4, 0.5) is 0 Å². The van der Waals surface area contributed by atoms with Gasteiger partial charge in [0.2, 0.25) is 0 Å². The molecule has 1 aromatic heterocycles. The van der Waals surface area contributed by atoms with Gasteiger partial charge < -0.3 is 5.11 Å². The molecule has 1 N–H and O–H groups in total. The Kier molecular flexibility index (Phi) is 3.47. The van der Waals surface area contributed by atoms with E-state index in [9.17, 15) is 13.5 Å². The van der Waals surface area contributed by atoms with Crippen LogP contribution in [0.1, 0.15) is 24.6 Å². The molecular formula is C10H15ClN2O3S. The first-order valence-electron chi connectivity index (χ1n) is 5.45. The Morgan fingerprint density at radius 2 is 2.41 bits per heavy atom. The highest BCUT2D eigenvalue weighted by molar-refractivity contribution is 7.91. The van der Waals surface area contributed by atoms with E-state index in [4.69, 9.17) is 11.6 Å². The van der Waals surface area contributed by atoms with Crippen LogP contribution in [0.25, 0.3) is 0 Å². The van der Waals surface area contributed by atoms with Crippen LogP contribution in [0.5, 0.6) is 0 Å². The molecule has 0 aromatic carbocycles. The molecule has 2 atom stereocenters. The van der Waals surface area contributed by atoms with Crippen molar-refractivity contribution in [3.63, 3.8) is 0 Å². The lowest BCUT2D eigenvalue weighted by Gasteiger charge is -2.15. The van der Waals surface area contributed by atoms with Crippen molar-refractivity contribution in [2.24, 2.45) is 13.0 Å². The van der Waals surface area contributed by atoms with Crippen LogP contribution >= 0.6 is 11.6 Å². The van der Waals surface area contributed by atoms with E-state index < -0.39 is 15.9 Å². The first-order chi connectivity index (χ1) is 7.89. The van der Waals surface area contributed by atoms with Gasteiger partial charge in [0.05, 0.1) is 34.5 Å². The molecule has 7 heteroatoms. The Labute approximate surface area is 105 Å². The molecule has 1 aromatic rings. The molecule has 1 saturated heterocycles. The van der Waals surface area contributed by atoms with E-state index in [1.54, 1.807) is 7.05 Å². The summed E-state index contributed by atoms with van der Waals surface area (Å²) in [6, 6.07) is 0. The van der Waals surface area contributed by atoms with Crippen LogP contribution in [0.3, 0.4) is 0 Å². The van der Waals surface area contributed by atoms with E-state index in [0.717, 1.165) is 0 Å². The SMILES string of the molecule is Cn1ncc(Cl)c1C(O)CC1CCS(=O)(=O)C1. The molecule has 0 radical (unpaired) electrons. The van der Waals surface area contributed by atoms with Crippen molar-refractivity contribution in [2.45, 2.75) is 18.9 Å². The summed E-state index contributed by atoms with van der Waals surface area (Å²) in [6.07, 6.45) is 1.76. The van der Waals surface area contributed by atoms with Crippen molar-refractivity contribution in [2.75, 3.05) is 11.5 Å². The second kappa shape index (κ2) is 4.59. The molecule has 17 heavy (non-hydrogen) atoms. The van der Waals surface area contributed by atoms with Gasteiger partial charge in [-0.2, -0.15) is 5.10 Å². The zero-order valence-corrected chi connectivity index (χ0v) is 11.1. The van der Waals surface area contributed by atoms with Crippen LogP contribution in [0.2, 0.25) is 5.02 Å². The number of hydrogen-bond donors (Lipinski definition) is 1. The highest BCUT2D eigenvalue weighted by atomic mass is 35.5. The maximum absolute atomic E-state index is 11.3. The number of sulfone groups is 1. The number of rotatable bonds is 3. The Bertz CT molecular complexity index is 492. The van der Waals surface area contributed by atoms with Gasteiger partial charge in [-0.25, -0.2) is 8.42 Å². The van der Waals surface area contributed by atoms with E-state index >= 15 is 0 Å². The molecule has 0 spiro atoms. The second-order valence-electron chi connectivity index (χ2n) is 4.52. The Morgan fingerprint density at radius 1 is 1.71 bits per heavy atom. The fourth-order valence-electron chi connectivity index (χ4n) is 2.28. The van der Waals surface area contributed by atoms with Crippen molar-refractivity contribution in [3.8, 4) is 0 Å². The van der Waals surface area contributed by atoms with Crippen molar-refractivity contribution in [1.82, 2.24) is 9.78 Å². The molecule has 1 fully saturated rings. The highest BCUT2D eigenvalue weighted by Gasteiger charge is 2.30. The van der Waals surface area contributed by atoms with Crippen molar-refractivity contribution >= 4 is 21.4 Å². The minimum atomic E-state index is -2.90. The number of halogens is 1. The van der Waals surface area contributed by atoms with Crippen LogP contribution in [0, 0.1) is 5.92 Å². The fourth-order valence-corrected chi connectivity index (χ4v) is 4.45. The van der Waals surface area contributed by atoms with Gasteiger partial charge in [-0.05, 0) is 18.8 Å². The van der Waals surface area contributed by atoms with Crippen molar-refractivity contribution in [3.05, 3.63) is 16.9 Å². The average Bonchev–Trinajstić information content (AvgIpc) is 2.70. The van der Waals surface area contributed by atoms with Gasteiger partial charge in [-0.3, -0.25) is 4.68 Å². The minimum Gasteiger partial charge on any atom is -0.387 e. The number of aliphatic hydroxyl groups excluding tert-OH is 1. The normalized spacial score (nSPS) is 25.0. The zero-order valence-electron chi connectivity index (χ0n) is 9.50. The van der Waals surface area contributed by atoms with Crippen LogP contribution < -0.4 is 0 Å². The smallest absolute Gasteiger partial charge is 0.150 e. The Balaban J connectivity index is 2.06. The van der Waals surface area contributed by atoms with Crippen LogP contribution in [0.15, 0.2) is 6.20 Å². The second-order valence-corrected chi connectivity index (χ2v) is 7.16. The lowest BCUT2D eigenvalue weighted by Crippen LogP contribution is -2.12. The van der Waals surface area contributed by atoms with Crippen molar-refractivity contribution < 1.29 is 13.5 Å². The van der Waals surface area contributed by atoms with Gasteiger partial charge in [0.1, 0.15) is 0 Å². The van der Waals surface area contributed by atoms with Crippen molar-refractivity contribution in [1.29, 1.82) is 0 Å². The van der Waals surface area contributed by atoms with Gasteiger partial charge in [0.25, 0.3) is 0 Å². The summed E-state index contributed by atoms with van der Waals surface area (Å²) in [6.45, 7) is 0. The molecule has 0 saturated carbocycles. The Hall–Kier alpha value is -0.590. The largest absolute Gasteiger partial charge is 0.387 e. The molecule has 2 unspecified atom stereocenters. The maximum Gasteiger partial charge on any atom is 0.150 e. The predicted molar refractivity (Wildman–Crippen MR) is 64.6 cm³/mol. The van der Waals surface area contributed by atoms with Gasteiger partial charge in [0.15, 0.2) is 9.84 Å². The molecule has 5 nitrogen and oxygen atoms in total. The first kappa shape index (κ1) is 12.9. The molecule has 1 aliphatic rings. The number of aryl methyl sites for hydroxylation is 1. The predicted octanol–water partition coefficient (Wildman–Crippen LogP) is 0.932. The molecule has 0 aliphatic carbocycles. The number of aromatic nitrogens is 2. The third kappa shape index (κ3) is 2.81. The molecule has 1 aliphatic heterocycles. The summed E-state index contributed by atoms with van der Waals surface area (Å²) in [5.74, 6) is 0.407. The lowest BCUT2D eigenvalue weighted by atomic mass is 9.99. The number of hydrogen-bond acceptors (Lipinski definition) is 4. The van der Waals surface area contributed by atoms with E-state index in [1.165, 1.54) is 10.9 Å². The third-order valence-electron chi connectivity index (χ3n) is 3.14. The first-order valence-corrected chi connectivity index (χ1v) is 7.65. The molecule has 2 rings (SSSR count). The van der Waals surface area contributed by atoms with Gasteiger partial charge >= 0.3 is 0 Å². The van der Waals surface area contributed by atoms with Gasteiger partial charge in [-0.15, -0.1) is 0 Å². The zero-order chi connectivity index (χ0) is 12.6. The fraction of sp³-hybridized carbons (Fsp3) is 0.700. The minimum absolute atomic E-state index is 0.0148. The third-order valence-corrected chi connectivity index (χ3v) is 5.26. The lowest BCUT2D eigenvalue weighted by molar-refractivity contribution is 0.140. The summed E-state index contributed by atoms with van der Waals surface area (Å²) in [5, 5.41) is 14.4. The highest BCUT2D eigenvalue weighted by Crippen LogP contribution is 2.31. The standard InChI is InChI=1S/C10H15ClN2O3S/c1-13-10(8(11)5-12-13)9(14)4-7-2-3-17(15,16)6-7/h5,7,9,14H,2-4,6H2,1H3. The summed E-state index contributed by atoms with van der Waals surface area (Å²) < 4.78 is 24.2. The maximum atomic E-state index is 11.3. The molecule has 0 bridgehead atoms. The number of nitrogens with zero attached hydrogens (tertiary/aromatic N) is 2. The summed E-state index contributed by atoms with van der Waals surface area (Å²) in [7, 11) is -1.19. The average molecular weight is 279 g/mol. The van der Waals surface area contributed by atoms with Crippen LogP contribution in [-0.2, 0) is 16.9 Å². The van der Waals surface area contributed by atoms with E-state index in [-0.39, 0.29) is 17.4 Å². The Morgan fingerprint density at radius 3 is 2.88 bits per heavy atom. The molecular weight excluding hydrogens is 264 g/mol. The number of aliphatic hydroxyl groups is 1. The van der Waals surface area contributed by atoms with Crippen LogP contribution in [-0.4, -0.2) is 34.8 Å². The topological polar surface area (TPSA) is 72.2 Å². The summed E-state index contributed by atoms with van der Waals surface area (Å²) >= 11 is 5.92. The van der Waals surface area contributed by atoms with Gasteiger partial charge in [-0.1, -0.05) is 11.6 Å². The van der Waals surface area contributed by atoms with E-state index in [1.807, 2.05) is 0 Å².